The standard InChI is InChI=1S/C14H20N2O3/c1-3-4-5-8-15-14(19)16-12-9-11(13(17)18)7-6-10(12)2/h6-7,9H,3-5,8H2,1-2H3,(H,17,18)(H2,15,16,19). The SMILES string of the molecule is CCCCCNC(=O)Nc1cc(C(=O)O)ccc1C. The number of nitrogens with one attached hydrogen (secondary N) is 2. The number of carbonyl (C=O) groups excluding carboxylic acids is 1. The number of unbranched alkanes of at least 4 members (excludes halogenated alkanes) is 2. The highest BCUT2D eigenvalue weighted by Crippen LogP contribution is 2.16. The van der Waals surface area contributed by atoms with Crippen LogP contribution in [-0.2, 0) is 0 Å². The summed E-state index contributed by atoms with van der Waals surface area (Å²) in [5.41, 5.74) is 1.51. The first-order valence-corrected chi connectivity index (χ1v) is 6.43. The molecule has 19 heavy (non-hydrogen) atoms. The monoisotopic (exact) mass is 264 g/mol. The third kappa shape index (κ3) is 4.99. The molecule has 1 aromatic carbocycles. The van der Waals surface area contributed by atoms with Gasteiger partial charge in [0.25, 0.3) is 0 Å². The van der Waals surface area contributed by atoms with Gasteiger partial charge >= 0.3 is 12.0 Å². The second-order valence-corrected chi connectivity index (χ2v) is 4.42. The summed E-state index contributed by atoms with van der Waals surface area (Å²) in [6.07, 6.45) is 3.12. The van der Waals surface area contributed by atoms with Gasteiger partial charge < -0.3 is 15.7 Å². The topological polar surface area (TPSA) is 78.4 Å². The minimum atomic E-state index is -1.01. The molecule has 0 fully saturated rings. The fourth-order valence-corrected chi connectivity index (χ4v) is 1.63. The number of carboxylic acid groups (broad SMARTS) is 1. The predicted octanol–water partition coefficient (Wildman–Crippen LogP) is 3.00. The molecular weight excluding hydrogens is 244 g/mol. The Morgan fingerprint density at radius 2 is 2.00 bits per heavy atom. The van der Waals surface area contributed by atoms with Crippen LogP contribution < -0.4 is 10.6 Å². The first kappa shape index (κ1) is 15.0. The summed E-state index contributed by atoms with van der Waals surface area (Å²) in [5.74, 6) is -1.01. The number of hydrogen-bond donors (Lipinski definition) is 3. The van der Waals surface area contributed by atoms with Gasteiger partial charge in [-0.05, 0) is 31.0 Å². The Morgan fingerprint density at radius 1 is 1.26 bits per heavy atom. The summed E-state index contributed by atoms with van der Waals surface area (Å²) in [6, 6.07) is 4.35. The minimum Gasteiger partial charge on any atom is -0.478 e. The van der Waals surface area contributed by atoms with Crippen molar-refractivity contribution in [2.75, 3.05) is 11.9 Å². The number of urea groups is 1. The number of anilines is 1. The van der Waals surface area contributed by atoms with Crippen molar-refractivity contribution >= 4 is 17.7 Å². The molecule has 3 N–H and O–H groups in total. The van der Waals surface area contributed by atoms with Gasteiger partial charge in [-0.2, -0.15) is 0 Å². The number of carboxylic acids is 1. The molecule has 1 aromatic rings. The maximum absolute atomic E-state index is 11.6. The zero-order valence-corrected chi connectivity index (χ0v) is 11.3. The average Bonchev–Trinajstić information content (AvgIpc) is 2.37. The molecule has 104 valence electrons. The Hall–Kier alpha value is -2.04. The highest BCUT2D eigenvalue weighted by Gasteiger charge is 2.08. The van der Waals surface area contributed by atoms with Crippen molar-refractivity contribution in [1.29, 1.82) is 0 Å². The van der Waals surface area contributed by atoms with Gasteiger partial charge in [-0.1, -0.05) is 25.8 Å². The Bertz CT molecular complexity index is 458. The molecule has 5 nitrogen and oxygen atoms in total. The van der Waals surface area contributed by atoms with Crippen LogP contribution in [0.2, 0.25) is 0 Å². The van der Waals surface area contributed by atoms with Crippen molar-refractivity contribution in [1.82, 2.24) is 5.32 Å². The number of hydrogen-bond acceptors (Lipinski definition) is 2. The molecule has 0 aliphatic heterocycles. The molecule has 0 aliphatic rings. The van der Waals surface area contributed by atoms with Crippen molar-refractivity contribution < 1.29 is 14.7 Å². The molecule has 0 unspecified atom stereocenters. The van der Waals surface area contributed by atoms with Crippen LogP contribution in [0.25, 0.3) is 0 Å². The molecule has 2 amide bonds. The van der Waals surface area contributed by atoms with E-state index in [9.17, 15) is 9.59 Å². The average molecular weight is 264 g/mol. The van der Waals surface area contributed by atoms with E-state index in [0.717, 1.165) is 24.8 Å². The summed E-state index contributed by atoms with van der Waals surface area (Å²) >= 11 is 0. The van der Waals surface area contributed by atoms with Crippen molar-refractivity contribution in [2.45, 2.75) is 33.1 Å². The third-order valence-electron chi connectivity index (χ3n) is 2.80. The molecule has 5 heteroatoms. The lowest BCUT2D eigenvalue weighted by atomic mass is 10.1. The van der Waals surface area contributed by atoms with Crippen LogP contribution in [0.5, 0.6) is 0 Å². The first-order chi connectivity index (χ1) is 9.04. The van der Waals surface area contributed by atoms with Gasteiger partial charge in [-0.15, -0.1) is 0 Å². The quantitative estimate of drug-likeness (QED) is 0.691. The number of benzene rings is 1. The molecule has 0 bridgehead atoms. The van der Waals surface area contributed by atoms with Gasteiger partial charge in [0.05, 0.1) is 5.56 Å². The van der Waals surface area contributed by atoms with Crippen LogP contribution in [0.15, 0.2) is 18.2 Å². The maximum Gasteiger partial charge on any atom is 0.335 e. The number of aryl methyl sites for hydroxylation is 1. The molecule has 0 spiro atoms. The summed E-state index contributed by atoms with van der Waals surface area (Å²) < 4.78 is 0. The molecule has 0 heterocycles. The van der Waals surface area contributed by atoms with Gasteiger partial charge in [0.2, 0.25) is 0 Å². The van der Waals surface area contributed by atoms with E-state index in [-0.39, 0.29) is 11.6 Å². The fraction of sp³-hybridized carbons (Fsp3) is 0.429. The van der Waals surface area contributed by atoms with Crippen molar-refractivity contribution in [3.8, 4) is 0 Å². The van der Waals surface area contributed by atoms with E-state index in [1.807, 2.05) is 6.92 Å². The van der Waals surface area contributed by atoms with Crippen molar-refractivity contribution in [3.05, 3.63) is 29.3 Å². The van der Waals surface area contributed by atoms with E-state index >= 15 is 0 Å². The largest absolute Gasteiger partial charge is 0.478 e. The van der Waals surface area contributed by atoms with Crippen LogP contribution in [0.3, 0.4) is 0 Å². The second kappa shape index (κ2) is 7.41. The summed E-state index contributed by atoms with van der Waals surface area (Å²) in [7, 11) is 0. The lowest BCUT2D eigenvalue weighted by molar-refractivity contribution is 0.0697. The Labute approximate surface area is 113 Å². The van der Waals surface area contributed by atoms with Gasteiger partial charge in [0.15, 0.2) is 0 Å². The zero-order valence-electron chi connectivity index (χ0n) is 11.3. The lowest BCUT2D eigenvalue weighted by Crippen LogP contribution is -2.29. The predicted molar refractivity (Wildman–Crippen MR) is 74.7 cm³/mol. The Balaban J connectivity index is 2.58. The van der Waals surface area contributed by atoms with E-state index in [1.54, 1.807) is 6.07 Å². The first-order valence-electron chi connectivity index (χ1n) is 6.43. The lowest BCUT2D eigenvalue weighted by Gasteiger charge is -2.10. The fourth-order valence-electron chi connectivity index (χ4n) is 1.63. The third-order valence-corrected chi connectivity index (χ3v) is 2.80. The zero-order chi connectivity index (χ0) is 14.3. The van der Waals surface area contributed by atoms with Crippen LogP contribution in [0.4, 0.5) is 10.5 Å². The Kier molecular flexibility index (Phi) is 5.85. The highest BCUT2D eigenvalue weighted by atomic mass is 16.4. The summed E-state index contributed by atoms with van der Waals surface area (Å²) in [6.45, 7) is 4.54. The van der Waals surface area contributed by atoms with E-state index in [0.29, 0.717) is 12.2 Å². The molecule has 0 saturated heterocycles. The smallest absolute Gasteiger partial charge is 0.335 e. The van der Waals surface area contributed by atoms with Crippen molar-refractivity contribution in [2.24, 2.45) is 0 Å². The van der Waals surface area contributed by atoms with E-state index in [4.69, 9.17) is 5.11 Å². The van der Waals surface area contributed by atoms with Gasteiger partial charge in [0, 0.05) is 12.2 Å². The van der Waals surface area contributed by atoms with Gasteiger partial charge in [-0.25, -0.2) is 9.59 Å². The van der Waals surface area contributed by atoms with Crippen molar-refractivity contribution in [3.63, 3.8) is 0 Å². The number of rotatable bonds is 6. The van der Waals surface area contributed by atoms with E-state index < -0.39 is 5.97 Å². The van der Waals surface area contributed by atoms with Gasteiger partial charge in [0.1, 0.15) is 0 Å². The summed E-state index contributed by atoms with van der Waals surface area (Å²) in [5, 5.41) is 14.3. The van der Waals surface area contributed by atoms with E-state index in [2.05, 4.69) is 17.6 Å². The molecule has 0 aliphatic carbocycles. The van der Waals surface area contributed by atoms with E-state index in [1.165, 1.54) is 12.1 Å². The number of carbonyl (C=O) groups is 2. The maximum atomic E-state index is 11.6. The van der Waals surface area contributed by atoms with Crippen LogP contribution in [-0.4, -0.2) is 23.7 Å². The second-order valence-electron chi connectivity index (χ2n) is 4.42. The molecule has 0 atom stereocenters. The molecule has 1 rings (SSSR count). The van der Waals surface area contributed by atoms with Crippen LogP contribution in [0, 0.1) is 6.92 Å². The number of amides is 2. The summed E-state index contributed by atoms with van der Waals surface area (Å²) in [4.78, 5) is 22.5. The molecule has 0 radical (unpaired) electrons. The van der Waals surface area contributed by atoms with Crippen LogP contribution >= 0.6 is 0 Å². The number of aromatic carboxylic acids is 1. The Morgan fingerprint density at radius 3 is 2.63 bits per heavy atom. The molecule has 0 saturated carbocycles. The van der Waals surface area contributed by atoms with Crippen LogP contribution in [0.1, 0.15) is 42.1 Å². The normalized spacial score (nSPS) is 10.0. The highest BCUT2D eigenvalue weighted by molar-refractivity contribution is 5.93. The minimum absolute atomic E-state index is 0.159. The van der Waals surface area contributed by atoms with Gasteiger partial charge in [-0.3, -0.25) is 0 Å². The molecule has 0 aromatic heterocycles. The molecular formula is C14H20N2O3.